The molecule has 1 aromatic carbocycles. The number of esters is 2. The predicted octanol–water partition coefficient (Wildman–Crippen LogP) is 0.247. The van der Waals surface area contributed by atoms with E-state index in [1.807, 2.05) is 0 Å². The molecule has 0 heterocycles. The zero-order valence-corrected chi connectivity index (χ0v) is 14.2. The van der Waals surface area contributed by atoms with Gasteiger partial charge in [-0.3, -0.25) is 4.79 Å². The van der Waals surface area contributed by atoms with Crippen LogP contribution in [0.1, 0.15) is 39.1 Å². The molecule has 0 bridgehead atoms. The van der Waals surface area contributed by atoms with Gasteiger partial charge in [0.25, 0.3) is 0 Å². The largest absolute Gasteiger partial charge is 0.465 e. The van der Waals surface area contributed by atoms with Gasteiger partial charge in [-0.25, -0.2) is 9.59 Å². The van der Waals surface area contributed by atoms with E-state index in [1.165, 1.54) is 26.4 Å². The van der Waals surface area contributed by atoms with Gasteiger partial charge >= 0.3 is 11.9 Å². The monoisotopic (exact) mass is 347 g/mol. The molecule has 8 nitrogen and oxygen atoms in total. The topological polar surface area (TPSA) is 134 Å². The highest BCUT2D eigenvalue weighted by Gasteiger charge is 2.24. The first-order valence-corrected chi connectivity index (χ1v) is 7.52. The van der Waals surface area contributed by atoms with E-state index in [0.717, 1.165) is 0 Å². The molecule has 8 heteroatoms. The lowest BCUT2D eigenvalue weighted by Crippen LogP contribution is -2.19. The molecule has 0 aromatic heterocycles. The van der Waals surface area contributed by atoms with E-state index in [4.69, 9.17) is 20.9 Å². The molecule has 134 valence electrons. The molecule has 0 aliphatic heterocycles. The highest BCUT2D eigenvalue weighted by Crippen LogP contribution is 2.25. The Labute approximate surface area is 145 Å². The zero-order valence-electron chi connectivity index (χ0n) is 14.2. The molecule has 1 aromatic rings. The molecule has 0 radical (unpaired) electrons. The first kappa shape index (κ1) is 20.2. The number of hydrogen-bond acceptors (Lipinski definition) is 7. The molecule has 1 rings (SSSR count). The number of nitrogens with one attached hydrogen (secondary N) is 1. The minimum Gasteiger partial charge on any atom is -0.465 e. The van der Waals surface area contributed by atoms with E-state index in [1.54, 1.807) is 0 Å². The minimum absolute atomic E-state index is 0.0221. The number of carbonyl (C=O) groups is 3. The summed E-state index contributed by atoms with van der Waals surface area (Å²) in [6.07, 6.45) is 0.694. The van der Waals surface area contributed by atoms with Crippen molar-refractivity contribution < 1.29 is 23.9 Å². The lowest BCUT2D eigenvalue weighted by Gasteiger charge is -2.14. The number of methoxy groups -OCH3 is 2. The highest BCUT2D eigenvalue weighted by molar-refractivity contribution is 6.06. The molecular formula is C17H21N3O5. The van der Waals surface area contributed by atoms with Crippen LogP contribution in [0.5, 0.6) is 0 Å². The van der Waals surface area contributed by atoms with E-state index in [9.17, 15) is 14.4 Å². The maximum Gasteiger partial charge on any atom is 0.341 e. The Morgan fingerprint density at radius 2 is 1.80 bits per heavy atom. The van der Waals surface area contributed by atoms with Crippen molar-refractivity contribution in [1.29, 1.82) is 0 Å². The Morgan fingerprint density at radius 3 is 2.36 bits per heavy atom. The summed E-state index contributed by atoms with van der Waals surface area (Å²) in [7, 11) is 2.40. The van der Waals surface area contributed by atoms with Gasteiger partial charge in [0.15, 0.2) is 0 Å². The Hall–Kier alpha value is -2.89. The van der Waals surface area contributed by atoms with Crippen molar-refractivity contribution >= 4 is 23.5 Å². The van der Waals surface area contributed by atoms with Crippen molar-refractivity contribution in [3.63, 3.8) is 0 Å². The fourth-order valence-electron chi connectivity index (χ4n) is 2.05. The summed E-state index contributed by atoms with van der Waals surface area (Å²) >= 11 is 0. The molecule has 0 aliphatic carbocycles. The van der Waals surface area contributed by atoms with Gasteiger partial charge in [0, 0.05) is 6.42 Å². The number of amides is 1. The van der Waals surface area contributed by atoms with Gasteiger partial charge in [-0.15, -0.1) is 0 Å². The summed E-state index contributed by atoms with van der Waals surface area (Å²) in [6.45, 7) is 0.389. The minimum atomic E-state index is -0.749. The van der Waals surface area contributed by atoms with E-state index < -0.39 is 11.9 Å². The van der Waals surface area contributed by atoms with Crippen LogP contribution < -0.4 is 16.8 Å². The van der Waals surface area contributed by atoms with Gasteiger partial charge < -0.3 is 26.3 Å². The van der Waals surface area contributed by atoms with Crippen molar-refractivity contribution in [2.45, 2.75) is 12.8 Å². The van der Waals surface area contributed by atoms with Gasteiger partial charge in [0.1, 0.15) is 0 Å². The van der Waals surface area contributed by atoms with Crippen LogP contribution in [0.25, 0.3) is 0 Å². The van der Waals surface area contributed by atoms with Crippen LogP contribution in [0.4, 0.5) is 5.69 Å². The van der Waals surface area contributed by atoms with Crippen molar-refractivity contribution in [1.82, 2.24) is 0 Å². The smallest absolute Gasteiger partial charge is 0.341 e. The SMILES string of the molecule is COC(=O)c1ccc(NC(=O)CCCN)c(C(=O)OC)c1C#CCN. The average molecular weight is 347 g/mol. The zero-order chi connectivity index (χ0) is 18.8. The third kappa shape index (κ3) is 5.31. The summed E-state index contributed by atoms with van der Waals surface area (Å²) in [5.41, 5.74) is 11.1. The van der Waals surface area contributed by atoms with Crippen LogP contribution in [0.2, 0.25) is 0 Å². The van der Waals surface area contributed by atoms with E-state index >= 15 is 0 Å². The summed E-state index contributed by atoms with van der Waals surface area (Å²) in [4.78, 5) is 36.2. The molecule has 25 heavy (non-hydrogen) atoms. The van der Waals surface area contributed by atoms with Crippen molar-refractivity contribution in [2.24, 2.45) is 11.5 Å². The van der Waals surface area contributed by atoms with E-state index in [0.29, 0.717) is 13.0 Å². The summed E-state index contributed by atoms with van der Waals surface area (Å²) in [5.74, 6) is 3.53. The summed E-state index contributed by atoms with van der Waals surface area (Å²) < 4.78 is 9.48. The van der Waals surface area contributed by atoms with Crippen molar-refractivity contribution in [2.75, 3.05) is 32.6 Å². The van der Waals surface area contributed by atoms with E-state index in [-0.39, 0.29) is 41.3 Å². The van der Waals surface area contributed by atoms with Crippen LogP contribution in [-0.2, 0) is 14.3 Å². The van der Waals surface area contributed by atoms with Gasteiger partial charge in [-0.1, -0.05) is 11.8 Å². The summed E-state index contributed by atoms with van der Waals surface area (Å²) in [5, 5.41) is 2.62. The number of carbonyl (C=O) groups excluding carboxylic acids is 3. The molecule has 0 unspecified atom stereocenters. The number of nitrogens with two attached hydrogens (primary N) is 2. The Kier molecular flexibility index (Phi) is 8.12. The average Bonchev–Trinajstić information content (AvgIpc) is 2.63. The Bertz CT molecular complexity index is 719. The van der Waals surface area contributed by atoms with E-state index in [2.05, 4.69) is 17.2 Å². The van der Waals surface area contributed by atoms with Crippen molar-refractivity contribution in [3.05, 3.63) is 28.8 Å². The molecule has 5 N–H and O–H groups in total. The molecule has 0 fully saturated rings. The fraction of sp³-hybridized carbons (Fsp3) is 0.353. The van der Waals surface area contributed by atoms with Crippen LogP contribution in [0, 0.1) is 11.8 Å². The van der Waals surface area contributed by atoms with Gasteiger partial charge in [-0.05, 0) is 25.1 Å². The standard InChI is InChI=1S/C17H21N3O5/c1-24-16(22)12-7-8-13(20-14(21)6-4-10-19)15(17(23)25-2)11(12)5-3-9-18/h7-8H,4,6,9-10,18-19H2,1-2H3,(H,20,21). The molecule has 0 aliphatic rings. The first-order chi connectivity index (χ1) is 12.0. The van der Waals surface area contributed by atoms with Crippen LogP contribution >= 0.6 is 0 Å². The third-order valence-electron chi connectivity index (χ3n) is 3.20. The van der Waals surface area contributed by atoms with Gasteiger partial charge in [0.2, 0.25) is 5.91 Å². The van der Waals surface area contributed by atoms with Gasteiger partial charge in [0.05, 0.1) is 43.1 Å². The van der Waals surface area contributed by atoms with Gasteiger partial charge in [-0.2, -0.15) is 0 Å². The third-order valence-corrected chi connectivity index (χ3v) is 3.20. The maximum absolute atomic E-state index is 12.2. The molecule has 0 spiro atoms. The molecule has 1 amide bonds. The van der Waals surface area contributed by atoms with Crippen LogP contribution in [0.3, 0.4) is 0 Å². The first-order valence-electron chi connectivity index (χ1n) is 7.52. The quantitative estimate of drug-likeness (QED) is 0.496. The number of hydrogen-bond donors (Lipinski definition) is 3. The number of anilines is 1. The maximum atomic E-state index is 12.2. The molecular weight excluding hydrogens is 326 g/mol. The van der Waals surface area contributed by atoms with Crippen molar-refractivity contribution in [3.8, 4) is 11.8 Å². The predicted molar refractivity (Wildman–Crippen MR) is 92.0 cm³/mol. The second-order valence-electron chi connectivity index (χ2n) is 4.84. The lowest BCUT2D eigenvalue weighted by atomic mass is 9.98. The lowest BCUT2D eigenvalue weighted by molar-refractivity contribution is -0.116. The molecule has 0 saturated heterocycles. The normalized spacial score (nSPS) is 9.60. The summed E-state index contributed by atoms with van der Waals surface area (Å²) in [6, 6.07) is 2.84. The number of rotatable bonds is 6. The van der Waals surface area contributed by atoms with Crippen LogP contribution in [-0.4, -0.2) is 45.2 Å². The Balaban J connectivity index is 3.49. The number of ether oxygens (including phenoxy) is 2. The molecule has 0 atom stereocenters. The van der Waals surface area contributed by atoms with Crippen LogP contribution in [0.15, 0.2) is 12.1 Å². The fourth-order valence-corrected chi connectivity index (χ4v) is 2.05. The highest BCUT2D eigenvalue weighted by atomic mass is 16.5. The second kappa shape index (κ2) is 10.1. The molecule has 0 saturated carbocycles. The number of benzene rings is 1. The second-order valence-corrected chi connectivity index (χ2v) is 4.84. The Morgan fingerprint density at radius 1 is 1.12 bits per heavy atom.